The molecule has 158 valence electrons. The highest BCUT2D eigenvalue weighted by Crippen LogP contribution is 2.32. The molecule has 29 heavy (non-hydrogen) atoms. The largest absolute Gasteiger partial charge is 0.453 e. The number of carbonyl (C=O) groups is 1. The number of aromatic nitrogens is 4. The Bertz CT molecular complexity index is 922. The van der Waals surface area contributed by atoms with E-state index in [-0.39, 0.29) is 17.5 Å². The van der Waals surface area contributed by atoms with Gasteiger partial charge in [-0.25, -0.2) is 0 Å². The first-order chi connectivity index (χ1) is 13.8. The van der Waals surface area contributed by atoms with Gasteiger partial charge in [-0.3, -0.25) is 4.79 Å². The number of halogens is 3. The topological polar surface area (TPSA) is 75.9 Å². The lowest BCUT2D eigenvalue weighted by molar-refractivity contribution is -0.146. The van der Waals surface area contributed by atoms with Crippen LogP contribution in [0.25, 0.3) is 5.65 Å². The molecule has 8 nitrogen and oxygen atoms in total. The lowest BCUT2D eigenvalue weighted by Crippen LogP contribution is -2.48. The first-order valence-electron chi connectivity index (χ1n) is 9.68. The van der Waals surface area contributed by atoms with Crippen LogP contribution in [0, 0.1) is 19.8 Å². The van der Waals surface area contributed by atoms with Gasteiger partial charge in [0.05, 0.1) is 19.1 Å². The molecule has 2 fully saturated rings. The zero-order valence-corrected chi connectivity index (χ0v) is 16.4. The second-order valence-corrected chi connectivity index (χ2v) is 7.55. The van der Waals surface area contributed by atoms with Crippen molar-refractivity contribution in [1.29, 1.82) is 0 Å². The number of ether oxygens (including phenoxy) is 1. The van der Waals surface area contributed by atoms with E-state index in [1.165, 1.54) is 0 Å². The van der Waals surface area contributed by atoms with E-state index in [1.54, 1.807) is 6.92 Å². The number of morpholine rings is 1. The molecule has 1 amide bonds. The maximum absolute atomic E-state index is 13.3. The van der Waals surface area contributed by atoms with Gasteiger partial charge in [0.15, 0.2) is 11.5 Å². The Balaban J connectivity index is 1.65. The Kier molecular flexibility index (Phi) is 5.09. The highest BCUT2D eigenvalue weighted by molar-refractivity contribution is 5.80. The number of fused-ring (bicyclic) bond motifs is 1. The van der Waals surface area contributed by atoms with Crippen molar-refractivity contribution in [1.82, 2.24) is 24.7 Å². The average Bonchev–Trinajstić information content (AvgIpc) is 3.15. The van der Waals surface area contributed by atoms with Crippen molar-refractivity contribution in [3.8, 4) is 0 Å². The maximum atomic E-state index is 13.3. The fraction of sp³-hybridized carbons (Fsp3) is 0.667. The number of piperidine rings is 1. The summed E-state index contributed by atoms with van der Waals surface area (Å²) in [5, 5.41) is 11.2. The standard InChI is InChI=1S/C18H23F3N6O2/c1-11-12(2)15(24-27-14(11)22-23-17(27)18(19,20)21)26-5-3-4-13(10-26)16(28)25-6-8-29-9-7-25/h13H,3-10H2,1-2H3. The minimum atomic E-state index is -4.65. The monoisotopic (exact) mass is 412 g/mol. The van der Waals surface area contributed by atoms with E-state index >= 15 is 0 Å². The zero-order valence-electron chi connectivity index (χ0n) is 16.4. The van der Waals surface area contributed by atoms with Crippen molar-refractivity contribution >= 4 is 17.4 Å². The molecule has 4 rings (SSSR count). The molecule has 1 unspecified atom stereocenters. The molecule has 0 aromatic carbocycles. The van der Waals surface area contributed by atoms with Crippen molar-refractivity contribution in [2.75, 3.05) is 44.3 Å². The Morgan fingerprint density at radius 2 is 1.83 bits per heavy atom. The van der Waals surface area contributed by atoms with Gasteiger partial charge in [0.1, 0.15) is 0 Å². The Labute approximate surface area is 165 Å². The van der Waals surface area contributed by atoms with E-state index in [2.05, 4.69) is 15.3 Å². The predicted octanol–water partition coefficient (Wildman–Crippen LogP) is 1.84. The van der Waals surface area contributed by atoms with Gasteiger partial charge in [-0.2, -0.15) is 17.7 Å². The molecule has 2 aliphatic rings. The molecule has 2 aromatic rings. The van der Waals surface area contributed by atoms with Crippen LogP contribution in [0.4, 0.5) is 19.0 Å². The summed E-state index contributed by atoms with van der Waals surface area (Å²) in [5.41, 5.74) is 1.44. The molecule has 11 heteroatoms. The van der Waals surface area contributed by atoms with Gasteiger partial charge in [-0.05, 0) is 26.7 Å². The van der Waals surface area contributed by atoms with Crippen LogP contribution < -0.4 is 4.90 Å². The Hall–Kier alpha value is -2.43. The number of carbonyl (C=O) groups excluding carboxylic acids is 1. The van der Waals surface area contributed by atoms with Crippen LogP contribution in [0.5, 0.6) is 0 Å². The van der Waals surface area contributed by atoms with E-state index in [0.717, 1.165) is 22.9 Å². The minimum absolute atomic E-state index is 0.0775. The minimum Gasteiger partial charge on any atom is -0.378 e. The molecule has 2 aliphatic heterocycles. The van der Waals surface area contributed by atoms with E-state index in [0.29, 0.717) is 50.8 Å². The molecule has 4 heterocycles. The molecule has 2 saturated heterocycles. The van der Waals surface area contributed by atoms with Gasteiger partial charge in [0.25, 0.3) is 5.82 Å². The molecular weight excluding hydrogens is 389 g/mol. The number of anilines is 1. The molecule has 0 saturated carbocycles. The summed E-state index contributed by atoms with van der Waals surface area (Å²) in [6, 6.07) is 0. The van der Waals surface area contributed by atoms with Crippen molar-refractivity contribution in [3.05, 3.63) is 17.0 Å². The second kappa shape index (κ2) is 7.43. The second-order valence-electron chi connectivity index (χ2n) is 7.55. The van der Waals surface area contributed by atoms with Gasteiger partial charge in [-0.1, -0.05) is 0 Å². The predicted molar refractivity (Wildman–Crippen MR) is 97.6 cm³/mol. The van der Waals surface area contributed by atoms with Gasteiger partial charge in [-0.15, -0.1) is 15.3 Å². The molecule has 2 aromatic heterocycles. The van der Waals surface area contributed by atoms with Crippen LogP contribution in [-0.4, -0.2) is 70.0 Å². The first-order valence-corrected chi connectivity index (χ1v) is 9.68. The molecular formula is C18H23F3N6O2. The van der Waals surface area contributed by atoms with E-state index in [4.69, 9.17) is 4.74 Å². The summed E-state index contributed by atoms with van der Waals surface area (Å²) < 4.78 is 46.0. The Morgan fingerprint density at radius 1 is 1.10 bits per heavy atom. The van der Waals surface area contributed by atoms with Gasteiger partial charge in [0.2, 0.25) is 5.91 Å². The van der Waals surface area contributed by atoms with Crippen LogP contribution in [0.1, 0.15) is 29.8 Å². The molecule has 1 atom stereocenters. The molecule has 0 spiro atoms. The van der Waals surface area contributed by atoms with Crippen LogP contribution in [0.3, 0.4) is 0 Å². The SMILES string of the molecule is Cc1c(N2CCCC(C(=O)N3CCOCC3)C2)nn2c(C(F)(F)F)nnc2c1C. The fourth-order valence-corrected chi connectivity index (χ4v) is 4.00. The Morgan fingerprint density at radius 3 is 2.52 bits per heavy atom. The van der Waals surface area contributed by atoms with Crippen LogP contribution in [-0.2, 0) is 15.7 Å². The van der Waals surface area contributed by atoms with E-state index < -0.39 is 12.0 Å². The highest BCUT2D eigenvalue weighted by Gasteiger charge is 2.39. The number of alkyl halides is 3. The van der Waals surface area contributed by atoms with Crippen molar-refractivity contribution in [3.63, 3.8) is 0 Å². The van der Waals surface area contributed by atoms with Gasteiger partial charge >= 0.3 is 6.18 Å². The summed E-state index contributed by atoms with van der Waals surface area (Å²) in [4.78, 5) is 16.6. The molecule has 0 N–H and O–H groups in total. The number of nitrogens with zero attached hydrogens (tertiary/aromatic N) is 6. The van der Waals surface area contributed by atoms with Crippen molar-refractivity contribution in [2.24, 2.45) is 5.92 Å². The number of hydrogen-bond acceptors (Lipinski definition) is 6. The normalized spacial score (nSPS) is 21.1. The maximum Gasteiger partial charge on any atom is 0.453 e. The van der Waals surface area contributed by atoms with Crippen molar-refractivity contribution < 1.29 is 22.7 Å². The smallest absolute Gasteiger partial charge is 0.378 e. The van der Waals surface area contributed by atoms with Gasteiger partial charge < -0.3 is 14.5 Å². The number of aryl methyl sites for hydroxylation is 1. The third-order valence-corrected chi connectivity index (χ3v) is 5.72. The number of hydrogen-bond donors (Lipinski definition) is 0. The third-order valence-electron chi connectivity index (χ3n) is 5.72. The summed E-state index contributed by atoms with van der Waals surface area (Å²) in [6.07, 6.45) is -3.12. The van der Waals surface area contributed by atoms with Crippen molar-refractivity contribution in [2.45, 2.75) is 32.9 Å². The average molecular weight is 412 g/mol. The highest BCUT2D eigenvalue weighted by atomic mass is 19.4. The number of rotatable bonds is 2. The molecule has 0 aliphatic carbocycles. The van der Waals surface area contributed by atoms with Crippen LogP contribution in [0.2, 0.25) is 0 Å². The first kappa shape index (κ1) is 19.9. The van der Waals surface area contributed by atoms with Gasteiger partial charge in [0, 0.05) is 37.3 Å². The summed E-state index contributed by atoms with van der Waals surface area (Å²) in [5.74, 6) is -0.828. The number of amides is 1. The van der Waals surface area contributed by atoms with E-state index in [9.17, 15) is 18.0 Å². The third kappa shape index (κ3) is 3.63. The van der Waals surface area contributed by atoms with Crippen LogP contribution >= 0.6 is 0 Å². The molecule has 0 bridgehead atoms. The fourth-order valence-electron chi connectivity index (χ4n) is 4.00. The van der Waals surface area contributed by atoms with E-state index in [1.807, 2.05) is 16.7 Å². The molecule has 0 radical (unpaired) electrons. The summed E-state index contributed by atoms with van der Waals surface area (Å²) in [6.45, 7) is 6.81. The quantitative estimate of drug-likeness (QED) is 0.749. The van der Waals surface area contributed by atoms with Crippen LogP contribution in [0.15, 0.2) is 0 Å². The summed E-state index contributed by atoms with van der Waals surface area (Å²) in [7, 11) is 0. The lowest BCUT2D eigenvalue weighted by Gasteiger charge is -2.37. The zero-order chi connectivity index (χ0) is 20.8. The lowest BCUT2D eigenvalue weighted by atomic mass is 9.95. The summed E-state index contributed by atoms with van der Waals surface area (Å²) >= 11 is 0.